The van der Waals surface area contributed by atoms with Gasteiger partial charge in [-0.05, 0) is 11.1 Å². The van der Waals surface area contributed by atoms with Crippen LogP contribution in [0.5, 0.6) is 0 Å². The van der Waals surface area contributed by atoms with E-state index in [1.54, 1.807) is 0 Å². The Kier molecular flexibility index (Phi) is 6.60. The number of carbonyl (C=O) groups is 2. The molecule has 0 unspecified atom stereocenters. The fraction of sp³-hybridized carbons (Fsp3) is 0.176. The van der Waals surface area contributed by atoms with Gasteiger partial charge in [0.05, 0.1) is 0 Å². The molecule has 0 radical (unpaired) electrons. The molecule has 2 rings (SSSR count). The van der Waals surface area contributed by atoms with E-state index in [0.29, 0.717) is 6.42 Å². The fourth-order valence-electron chi connectivity index (χ4n) is 2.09. The Morgan fingerprint density at radius 1 is 0.917 bits per heavy atom. The van der Waals surface area contributed by atoms with Gasteiger partial charge in [0.15, 0.2) is 0 Å². The van der Waals surface area contributed by atoms with Crippen LogP contribution in [0.1, 0.15) is 11.1 Å². The van der Waals surface area contributed by atoms with E-state index in [-0.39, 0.29) is 6.61 Å². The van der Waals surface area contributed by atoms with Gasteiger partial charge in [0, 0.05) is 6.42 Å². The summed E-state index contributed by atoms with van der Waals surface area (Å²) in [5.41, 5.74) is 3.79. The third-order valence-electron chi connectivity index (χ3n) is 3.22. The van der Waals surface area contributed by atoms with E-state index in [2.05, 4.69) is 10.6 Å². The normalized spacial score (nSPS) is 11.2. The number of carbonyl (C=O) groups excluding carboxylic acids is 2. The first kappa shape index (κ1) is 17.3. The van der Waals surface area contributed by atoms with Crippen molar-refractivity contribution in [3.05, 3.63) is 71.8 Å². The molecule has 0 fully saturated rings. The van der Waals surface area contributed by atoms with E-state index in [0.717, 1.165) is 11.1 Å². The van der Waals surface area contributed by atoms with Crippen molar-refractivity contribution >= 4 is 12.1 Å². The highest BCUT2D eigenvalue weighted by Gasteiger charge is 2.16. The SMILES string of the molecule is NNC(=O)N[C@H](Cc1ccccc1)NC(=O)OCc1ccccc1. The van der Waals surface area contributed by atoms with Gasteiger partial charge in [-0.3, -0.25) is 5.43 Å². The third kappa shape index (κ3) is 5.98. The van der Waals surface area contributed by atoms with E-state index >= 15 is 0 Å². The molecule has 2 aromatic rings. The van der Waals surface area contributed by atoms with Crippen molar-refractivity contribution < 1.29 is 14.3 Å². The van der Waals surface area contributed by atoms with Crippen LogP contribution in [-0.4, -0.2) is 18.3 Å². The standard InChI is InChI=1S/C17H20N4O3/c18-21-16(22)19-15(11-13-7-3-1-4-8-13)20-17(23)24-12-14-9-5-2-6-10-14/h1-10,15H,11-12,18H2,(H,20,23)(H2,19,21,22)/t15-/m0/s1. The molecule has 2 aromatic carbocycles. The second kappa shape index (κ2) is 9.16. The lowest BCUT2D eigenvalue weighted by molar-refractivity contribution is 0.134. The Bertz CT molecular complexity index is 649. The molecule has 0 aliphatic rings. The predicted octanol–water partition coefficient (Wildman–Crippen LogP) is 1.65. The first-order valence-corrected chi connectivity index (χ1v) is 7.45. The number of benzene rings is 2. The van der Waals surface area contributed by atoms with Crippen molar-refractivity contribution in [2.24, 2.45) is 5.84 Å². The summed E-state index contributed by atoms with van der Waals surface area (Å²) < 4.78 is 5.16. The average molecular weight is 328 g/mol. The number of nitrogens with two attached hydrogens (primary N) is 1. The van der Waals surface area contributed by atoms with Crippen LogP contribution >= 0.6 is 0 Å². The van der Waals surface area contributed by atoms with Crippen molar-refractivity contribution in [1.29, 1.82) is 0 Å². The topological polar surface area (TPSA) is 105 Å². The zero-order valence-corrected chi connectivity index (χ0v) is 13.1. The molecule has 1 atom stereocenters. The predicted molar refractivity (Wildman–Crippen MR) is 89.6 cm³/mol. The summed E-state index contributed by atoms with van der Waals surface area (Å²) >= 11 is 0. The number of nitrogens with one attached hydrogen (secondary N) is 3. The van der Waals surface area contributed by atoms with Gasteiger partial charge in [-0.15, -0.1) is 0 Å². The van der Waals surface area contributed by atoms with Crippen molar-refractivity contribution in [3.8, 4) is 0 Å². The van der Waals surface area contributed by atoms with Crippen molar-refractivity contribution in [2.45, 2.75) is 19.2 Å². The molecule has 3 amide bonds. The smallest absolute Gasteiger partial charge is 0.409 e. The maximum atomic E-state index is 12.0. The quantitative estimate of drug-likeness (QED) is 0.280. The minimum absolute atomic E-state index is 0.147. The molecule has 0 bridgehead atoms. The summed E-state index contributed by atoms with van der Waals surface area (Å²) in [6.45, 7) is 0.147. The van der Waals surface area contributed by atoms with E-state index in [1.165, 1.54) is 0 Å². The molecule has 0 saturated carbocycles. The summed E-state index contributed by atoms with van der Waals surface area (Å²) in [5.74, 6) is 5.07. The highest BCUT2D eigenvalue weighted by Crippen LogP contribution is 2.03. The largest absolute Gasteiger partial charge is 0.445 e. The lowest BCUT2D eigenvalue weighted by Crippen LogP contribution is -2.53. The maximum Gasteiger partial charge on any atom is 0.409 e. The molecule has 0 aromatic heterocycles. The summed E-state index contributed by atoms with van der Waals surface area (Å²) in [6, 6.07) is 18.2. The van der Waals surface area contributed by atoms with Crippen LogP contribution in [0.4, 0.5) is 9.59 Å². The summed E-state index contributed by atoms with van der Waals surface area (Å²) in [4.78, 5) is 23.4. The van der Waals surface area contributed by atoms with Gasteiger partial charge < -0.3 is 15.4 Å². The second-order valence-electron chi connectivity index (χ2n) is 5.07. The van der Waals surface area contributed by atoms with E-state index < -0.39 is 18.3 Å². The van der Waals surface area contributed by atoms with Crippen LogP contribution in [0.2, 0.25) is 0 Å². The van der Waals surface area contributed by atoms with E-state index in [1.807, 2.05) is 66.1 Å². The zero-order valence-electron chi connectivity index (χ0n) is 13.1. The Morgan fingerprint density at radius 2 is 1.50 bits per heavy atom. The number of ether oxygens (including phenoxy) is 1. The molecule has 0 aliphatic carbocycles. The number of amides is 3. The fourth-order valence-corrected chi connectivity index (χ4v) is 2.09. The first-order valence-electron chi connectivity index (χ1n) is 7.45. The van der Waals surface area contributed by atoms with Crippen LogP contribution in [0, 0.1) is 0 Å². The molecular weight excluding hydrogens is 308 g/mol. The van der Waals surface area contributed by atoms with Crippen LogP contribution in [0.3, 0.4) is 0 Å². The number of hydrogen-bond acceptors (Lipinski definition) is 4. The molecule has 0 spiro atoms. The number of rotatable bonds is 6. The lowest BCUT2D eigenvalue weighted by Gasteiger charge is -2.20. The Hall–Kier alpha value is -3.06. The Balaban J connectivity index is 1.91. The van der Waals surface area contributed by atoms with E-state index in [4.69, 9.17) is 10.6 Å². The number of urea groups is 1. The molecular formula is C17H20N4O3. The molecule has 0 aliphatic heterocycles. The molecule has 24 heavy (non-hydrogen) atoms. The molecule has 0 saturated heterocycles. The summed E-state index contributed by atoms with van der Waals surface area (Å²) in [5, 5.41) is 5.17. The van der Waals surface area contributed by atoms with Gasteiger partial charge in [0.2, 0.25) is 0 Å². The van der Waals surface area contributed by atoms with Crippen LogP contribution in [0.25, 0.3) is 0 Å². The molecule has 0 heterocycles. The van der Waals surface area contributed by atoms with Crippen LogP contribution in [-0.2, 0) is 17.8 Å². The highest BCUT2D eigenvalue weighted by atomic mass is 16.5. The van der Waals surface area contributed by atoms with Gasteiger partial charge in [-0.2, -0.15) is 0 Å². The zero-order chi connectivity index (χ0) is 17.2. The van der Waals surface area contributed by atoms with Gasteiger partial charge >= 0.3 is 12.1 Å². The molecule has 7 heteroatoms. The molecule has 126 valence electrons. The second-order valence-corrected chi connectivity index (χ2v) is 5.07. The van der Waals surface area contributed by atoms with Crippen molar-refractivity contribution in [2.75, 3.05) is 0 Å². The summed E-state index contributed by atoms with van der Waals surface area (Å²) in [7, 11) is 0. The Labute approximate surface area is 140 Å². The maximum absolute atomic E-state index is 12.0. The van der Waals surface area contributed by atoms with Gasteiger partial charge in [-0.25, -0.2) is 15.4 Å². The minimum Gasteiger partial charge on any atom is -0.445 e. The van der Waals surface area contributed by atoms with Gasteiger partial charge in [-0.1, -0.05) is 60.7 Å². The van der Waals surface area contributed by atoms with Crippen molar-refractivity contribution in [3.63, 3.8) is 0 Å². The van der Waals surface area contributed by atoms with Crippen LogP contribution < -0.4 is 21.9 Å². The molecule has 7 nitrogen and oxygen atoms in total. The average Bonchev–Trinajstić information content (AvgIpc) is 2.61. The number of hydrazine groups is 1. The number of alkyl carbamates (subject to hydrolysis) is 1. The van der Waals surface area contributed by atoms with Gasteiger partial charge in [0.1, 0.15) is 12.8 Å². The van der Waals surface area contributed by atoms with Crippen molar-refractivity contribution in [1.82, 2.24) is 16.1 Å². The van der Waals surface area contributed by atoms with Gasteiger partial charge in [0.25, 0.3) is 0 Å². The highest BCUT2D eigenvalue weighted by molar-refractivity contribution is 5.74. The van der Waals surface area contributed by atoms with E-state index in [9.17, 15) is 9.59 Å². The lowest BCUT2D eigenvalue weighted by atomic mass is 10.1. The Morgan fingerprint density at radius 3 is 2.08 bits per heavy atom. The molecule has 5 N–H and O–H groups in total. The third-order valence-corrected chi connectivity index (χ3v) is 3.22. The summed E-state index contributed by atoms with van der Waals surface area (Å²) in [6.07, 6.45) is -0.884. The first-order chi connectivity index (χ1) is 11.7. The minimum atomic E-state index is -0.653. The monoisotopic (exact) mass is 328 g/mol. The number of hydrogen-bond donors (Lipinski definition) is 4. The van der Waals surface area contributed by atoms with Crippen LogP contribution in [0.15, 0.2) is 60.7 Å².